The van der Waals surface area contributed by atoms with Crippen molar-refractivity contribution in [3.05, 3.63) is 35.4 Å². The highest BCUT2D eigenvalue weighted by molar-refractivity contribution is 6.30. The van der Waals surface area contributed by atoms with Gasteiger partial charge in [0.15, 0.2) is 5.79 Å². The van der Waals surface area contributed by atoms with Crippen LogP contribution < -0.4 is 10.6 Å². The largest absolute Gasteiger partial charge is 0.343 e. The summed E-state index contributed by atoms with van der Waals surface area (Å²) in [5.41, 5.74) is 1.32. The van der Waals surface area contributed by atoms with Crippen LogP contribution in [0.15, 0.2) is 24.8 Å². The topological polar surface area (TPSA) is 79.9 Å². The van der Waals surface area contributed by atoms with Crippen LogP contribution in [0.2, 0.25) is 5.02 Å². The van der Waals surface area contributed by atoms with Crippen molar-refractivity contribution in [3.8, 4) is 0 Å². The Labute approximate surface area is 170 Å². The molecule has 2 aliphatic heterocycles. The van der Waals surface area contributed by atoms with Crippen molar-refractivity contribution in [3.63, 3.8) is 0 Å². The Morgan fingerprint density at radius 1 is 1.36 bits per heavy atom. The predicted octanol–water partition coefficient (Wildman–Crippen LogP) is 3.25. The van der Waals surface area contributed by atoms with Crippen LogP contribution in [-0.2, 0) is 14.3 Å². The van der Waals surface area contributed by atoms with E-state index in [0.717, 1.165) is 5.56 Å². The van der Waals surface area contributed by atoms with Crippen LogP contribution in [-0.4, -0.2) is 54.0 Å². The zero-order valence-electron chi connectivity index (χ0n) is 16.3. The molecule has 0 saturated carbocycles. The lowest BCUT2D eigenvalue weighted by atomic mass is 10.2. The lowest BCUT2D eigenvalue weighted by molar-refractivity contribution is -0.160. The van der Waals surface area contributed by atoms with E-state index in [1.807, 2.05) is 13.8 Å². The summed E-state index contributed by atoms with van der Waals surface area (Å²) in [5, 5.41) is 6.11. The monoisotopic (exact) mass is 407 g/mol. The number of carbonyl (C=O) groups excluding carboxylic acids is 2. The van der Waals surface area contributed by atoms with Gasteiger partial charge in [0.1, 0.15) is 12.2 Å². The van der Waals surface area contributed by atoms with Gasteiger partial charge in [0.05, 0.1) is 0 Å². The van der Waals surface area contributed by atoms with E-state index in [1.165, 1.54) is 0 Å². The van der Waals surface area contributed by atoms with Gasteiger partial charge in [-0.3, -0.25) is 4.79 Å². The molecule has 2 saturated heterocycles. The molecule has 0 aromatic heterocycles. The summed E-state index contributed by atoms with van der Waals surface area (Å²) in [6, 6.07) is 4.39. The van der Waals surface area contributed by atoms with Crippen molar-refractivity contribution in [2.45, 2.75) is 51.2 Å². The van der Waals surface area contributed by atoms with Crippen LogP contribution in [0.4, 0.5) is 10.5 Å². The molecule has 1 aromatic carbocycles. The van der Waals surface area contributed by atoms with Crippen LogP contribution in [0.1, 0.15) is 32.8 Å². The Hall–Kier alpha value is -2.09. The highest BCUT2D eigenvalue weighted by Gasteiger charge is 2.47. The van der Waals surface area contributed by atoms with E-state index < -0.39 is 11.8 Å². The first-order valence-corrected chi connectivity index (χ1v) is 9.67. The van der Waals surface area contributed by atoms with Gasteiger partial charge in [-0.15, -0.1) is 0 Å². The second kappa shape index (κ2) is 8.11. The molecule has 2 N–H and O–H groups in total. The number of nitrogens with one attached hydrogen (secondary N) is 2. The molecule has 1 aromatic rings. The van der Waals surface area contributed by atoms with Gasteiger partial charge in [-0.2, -0.15) is 0 Å². The molecule has 0 radical (unpaired) electrons. The number of nitrogens with zero attached hydrogens (tertiary/aromatic N) is 1. The summed E-state index contributed by atoms with van der Waals surface area (Å²) < 4.78 is 11.6. The first-order chi connectivity index (χ1) is 13.2. The molecule has 2 fully saturated rings. The zero-order chi connectivity index (χ0) is 20.5. The third-order valence-electron chi connectivity index (χ3n) is 4.78. The fraction of sp³-hybridized carbons (Fsp3) is 0.500. The summed E-state index contributed by atoms with van der Waals surface area (Å²) in [6.07, 6.45) is 1.63. The molecule has 2 heterocycles. The second-order valence-corrected chi connectivity index (χ2v) is 8.09. The van der Waals surface area contributed by atoms with Crippen molar-refractivity contribution in [2.75, 3.05) is 18.4 Å². The number of rotatable bonds is 5. The van der Waals surface area contributed by atoms with Gasteiger partial charge in [-0.05, 0) is 44.5 Å². The molecule has 8 heteroatoms. The van der Waals surface area contributed by atoms with Gasteiger partial charge in [-0.25, -0.2) is 4.79 Å². The maximum Gasteiger partial charge on any atom is 0.319 e. The minimum Gasteiger partial charge on any atom is -0.343 e. The number of carbonyl (C=O) groups is 2. The van der Waals surface area contributed by atoms with E-state index in [2.05, 4.69) is 17.2 Å². The molecule has 28 heavy (non-hydrogen) atoms. The molecule has 152 valence electrons. The quantitative estimate of drug-likeness (QED) is 0.785. The number of fused-ring (bicyclic) bond motifs is 1. The van der Waals surface area contributed by atoms with Crippen molar-refractivity contribution in [2.24, 2.45) is 0 Å². The fourth-order valence-electron chi connectivity index (χ4n) is 3.57. The normalized spacial score (nSPS) is 23.8. The maximum atomic E-state index is 12.5. The highest BCUT2D eigenvalue weighted by atomic mass is 35.5. The lowest BCUT2D eigenvalue weighted by Gasteiger charge is -2.24. The third kappa shape index (κ3) is 4.84. The average Bonchev–Trinajstić information content (AvgIpc) is 3.09. The fourth-order valence-corrected chi connectivity index (χ4v) is 3.75. The van der Waals surface area contributed by atoms with Crippen LogP contribution in [0, 0.1) is 0 Å². The summed E-state index contributed by atoms with van der Waals surface area (Å²) in [7, 11) is 0. The van der Waals surface area contributed by atoms with Crippen molar-refractivity contribution >= 4 is 35.3 Å². The van der Waals surface area contributed by atoms with Gasteiger partial charge < -0.3 is 25.0 Å². The summed E-state index contributed by atoms with van der Waals surface area (Å²) in [4.78, 5) is 26.5. The van der Waals surface area contributed by atoms with Crippen molar-refractivity contribution < 1.29 is 19.1 Å². The number of benzene rings is 1. The van der Waals surface area contributed by atoms with E-state index in [-0.39, 0.29) is 30.6 Å². The van der Waals surface area contributed by atoms with E-state index >= 15 is 0 Å². The molecular weight excluding hydrogens is 382 g/mol. The SMILES string of the molecule is C=Cc1cc(Cl)ccc1NC(=O)N[C@@H](C)CC(=O)N1C[C@@H]2OC(C)(C)O[C@@H]2C1. The molecular formula is C20H26ClN3O4. The van der Waals surface area contributed by atoms with Crippen LogP contribution in [0.5, 0.6) is 0 Å². The van der Waals surface area contributed by atoms with E-state index in [0.29, 0.717) is 23.8 Å². The number of hydrogen-bond donors (Lipinski definition) is 2. The molecule has 3 amide bonds. The average molecular weight is 408 g/mol. The standard InChI is InChI=1S/C20H26ClN3O4/c1-5-13-9-14(21)6-7-15(13)23-19(26)22-12(2)8-18(25)24-10-16-17(11-24)28-20(3,4)27-16/h5-7,9,12,16-17H,1,8,10-11H2,2-4H3,(H2,22,23,26)/t12-,16-,17+/m0/s1. The van der Waals surface area contributed by atoms with Gasteiger partial charge in [-0.1, -0.05) is 24.3 Å². The Morgan fingerprint density at radius 2 is 2.00 bits per heavy atom. The van der Waals surface area contributed by atoms with Crippen LogP contribution in [0.25, 0.3) is 6.08 Å². The maximum absolute atomic E-state index is 12.5. The first kappa shape index (κ1) is 20.6. The minimum atomic E-state index is -0.594. The number of ether oxygens (including phenoxy) is 2. The zero-order valence-corrected chi connectivity index (χ0v) is 17.1. The van der Waals surface area contributed by atoms with Crippen LogP contribution in [0.3, 0.4) is 0 Å². The Kier molecular flexibility index (Phi) is 5.98. The number of anilines is 1. The highest BCUT2D eigenvalue weighted by Crippen LogP contribution is 2.33. The van der Waals surface area contributed by atoms with E-state index in [1.54, 1.807) is 36.1 Å². The third-order valence-corrected chi connectivity index (χ3v) is 5.01. The molecule has 0 bridgehead atoms. The van der Waals surface area contributed by atoms with Crippen molar-refractivity contribution in [1.29, 1.82) is 0 Å². The predicted molar refractivity (Wildman–Crippen MR) is 108 cm³/mol. The number of hydrogen-bond acceptors (Lipinski definition) is 4. The molecule has 0 unspecified atom stereocenters. The summed E-state index contributed by atoms with van der Waals surface area (Å²) in [6.45, 7) is 10.3. The van der Waals surface area contributed by atoms with Crippen molar-refractivity contribution in [1.82, 2.24) is 10.2 Å². The second-order valence-electron chi connectivity index (χ2n) is 7.65. The number of urea groups is 1. The smallest absolute Gasteiger partial charge is 0.319 e. The molecule has 7 nitrogen and oxygen atoms in total. The van der Waals surface area contributed by atoms with E-state index in [9.17, 15) is 9.59 Å². The lowest BCUT2D eigenvalue weighted by Crippen LogP contribution is -2.41. The van der Waals surface area contributed by atoms with Gasteiger partial charge in [0.2, 0.25) is 5.91 Å². The Balaban J connectivity index is 1.48. The number of likely N-dealkylation sites (tertiary alicyclic amines) is 1. The van der Waals surface area contributed by atoms with E-state index in [4.69, 9.17) is 21.1 Å². The molecule has 2 aliphatic rings. The van der Waals surface area contributed by atoms with Gasteiger partial charge in [0.25, 0.3) is 0 Å². The molecule has 0 spiro atoms. The first-order valence-electron chi connectivity index (χ1n) is 9.30. The molecule has 3 rings (SSSR count). The summed E-state index contributed by atoms with van der Waals surface area (Å²) in [5.74, 6) is -0.630. The summed E-state index contributed by atoms with van der Waals surface area (Å²) >= 11 is 5.95. The number of halogens is 1. The van der Waals surface area contributed by atoms with Crippen LogP contribution >= 0.6 is 11.6 Å². The number of amides is 3. The van der Waals surface area contributed by atoms with Gasteiger partial charge >= 0.3 is 6.03 Å². The Morgan fingerprint density at radius 3 is 2.61 bits per heavy atom. The molecule has 3 atom stereocenters. The van der Waals surface area contributed by atoms with Gasteiger partial charge in [0, 0.05) is 36.3 Å². The molecule has 0 aliphatic carbocycles. The Bertz CT molecular complexity index is 767. The minimum absolute atomic E-state index is 0.0366.